The van der Waals surface area contributed by atoms with Crippen LogP contribution in [0.1, 0.15) is 29.7 Å². The second-order valence-corrected chi connectivity index (χ2v) is 10.9. The summed E-state index contributed by atoms with van der Waals surface area (Å²) in [5.74, 6) is 0.0156. The van der Waals surface area contributed by atoms with Gasteiger partial charge in [0.1, 0.15) is 4.53 Å². The zero-order valence-electron chi connectivity index (χ0n) is 24.4. The number of esters is 1. The lowest BCUT2D eigenvalue weighted by molar-refractivity contribution is -0.138. The maximum atomic E-state index is 14.5. The van der Waals surface area contributed by atoms with Crippen molar-refractivity contribution in [2.24, 2.45) is 4.99 Å². The molecule has 6 rings (SSSR count). The number of benzene rings is 3. The van der Waals surface area contributed by atoms with E-state index in [1.54, 1.807) is 36.1 Å². The highest BCUT2D eigenvalue weighted by Gasteiger charge is 2.38. The third-order valence-electron chi connectivity index (χ3n) is 7.53. The van der Waals surface area contributed by atoms with Crippen LogP contribution in [0, 0.1) is 0 Å². The summed E-state index contributed by atoms with van der Waals surface area (Å²) in [7, 11) is 3.05. The Morgan fingerprint density at radius 1 is 1.00 bits per heavy atom. The fourth-order valence-electron chi connectivity index (χ4n) is 5.64. The van der Waals surface area contributed by atoms with E-state index in [1.807, 2.05) is 54.6 Å². The van der Waals surface area contributed by atoms with Crippen LogP contribution in [0.15, 0.2) is 101 Å². The second kappa shape index (κ2) is 11.8. The van der Waals surface area contributed by atoms with Gasteiger partial charge >= 0.3 is 5.97 Å². The van der Waals surface area contributed by atoms with Gasteiger partial charge in [-0.3, -0.25) is 14.2 Å². The molecule has 0 aliphatic carbocycles. The van der Waals surface area contributed by atoms with Gasteiger partial charge in [-0.2, -0.15) is 0 Å². The van der Waals surface area contributed by atoms with E-state index < -0.39 is 17.6 Å². The summed E-state index contributed by atoms with van der Waals surface area (Å²) >= 11 is 1.12. The number of hydrogen-bond donors (Lipinski definition) is 0. The quantitative estimate of drug-likeness (QED) is 0.223. The molecule has 3 heterocycles. The summed E-state index contributed by atoms with van der Waals surface area (Å²) in [6.45, 7) is 5.94. The van der Waals surface area contributed by atoms with Crippen molar-refractivity contribution < 1.29 is 23.8 Å². The van der Waals surface area contributed by atoms with E-state index in [9.17, 15) is 14.4 Å². The molecule has 0 saturated heterocycles. The Kier molecular flexibility index (Phi) is 7.75. The number of carbonyl (C=O) groups is 2. The summed E-state index contributed by atoms with van der Waals surface area (Å²) in [5.41, 5.74) is 3.04. The molecule has 0 fully saturated rings. The van der Waals surface area contributed by atoms with Crippen LogP contribution in [-0.4, -0.2) is 43.8 Å². The third-order valence-corrected chi connectivity index (χ3v) is 8.59. The van der Waals surface area contributed by atoms with Gasteiger partial charge in [0.2, 0.25) is 0 Å². The molecule has 1 aromatic heterocycles. The molecule has 9 nitrogen and oxygen atoms in total. The van der Waals surface area contributed by atoms with Crippen molar-refractivity contribution in [1.82, 2.24) is 4.57 Å². The largest absolute Gasteiger partial charge is 0.493 e. The molecule has 0 saturated carbocycles. The molecule has 1 amide bonds. The van der Waals surface area contributed by atoms with Crippen LogP contribution in [-0.2, 0) is 14.3 Å². The molecule has 0 bridgehead atoms. The van der Waals surface area contributed by atoms with Gasteiger partial charge in [-0.05, 0) is 30.7 Å². The van der Waals surface area contributed by atoms with Crippen molar-refractivity contribution in [1.29, 1.82) is 0 Å². The van der Waals surface area contributed by atoms with Gasteiger partial charge in [-0.1, -0.05) is 72.0 Å². The first-order chi connectivity index (χ1) is 21.4. The van der Waals surface area contributed by atoms with Crippen molar-refractivity contribution in [3.63, 3.8) is 0 Å². The number of methoxy groups -OCH3 is 2. The number of carbonyl (C=O) groups excluding carboxylic acids is 2. The topological polar surface area (TPSA) is 99.4 Å². The highest BCUT2D eigenvalue weighted by molar-refractivity contribution is 7.07. The molecule has 10 heteroatoms. The van der Waals surface area contributed by atoms with E-state index >= 15 is 0 Å². The minimum atomic E-state index is -0.939. The molecule has 2 aliphatic heterocycles. The van der Waals surface area contributed by atoms with Crippen molar-refractivity contribution in [3.8, 4) is 11.5 Å². The number of rotatable bonds is 8. The van der Waals surface area contributed by atoms with E-state index in [2.05, 4.69) is 6.58 Å². The van der Waals surface area contributed by atoms with E-state index in [4.69, 9.17) is 19.2 Å². The van der Waals surface area contributed by atoms with Crippen LogP contribution in [0.2, 0.25) is 0 Å². The lowest BCUT2D eigenvalue weighted by atomic mass is 9.93. The summed E-state index contributed by atoms with van der Waals surface area (Å²) in [6.07, 6.45) is 1.65. The van der Waals surface area contributed by atoms with Gasteiger partial charge in [-0.15, -0.1) is 6.58 Å². The summed E-state index contributed by atoms with van der Waals surface area (Å²) in [4.78, 5) is 49.0. The zero-order valence-corrected chi connectivity index (χ0v) is 25.2. The van der Waals surface area contributed by atoms with Crippen LogP contribution < -0.4 is 29.3 Å². The Bertz CT molecular complexity index is 2030. The van der Waals surface area contributed by atoms with Crippen LogP contribution in [0.3, 0.4) is 0 Å². The predicted molar refractivity (Wildman–Crippen MR) is 169 cm³/mol. The molecule has 0 spiro atoms. The van der Waals surface area contributed by atoms with Crippen LogP contribution in [0.5, 0.6) is 11.5 Å². The number of amides is 1. The highest BCUT2D eigenvalue weighted by Crippen LogP contribution is 2.39. The van der Waals surface area contributed by atoms with Gasteiger partial charge in [-0.25, -0.2) is 9.79 Å². The van der Waals surface area contributed by atoms with Crippen molar-refractivity contribution in [3.05, 3.63) is 127 Å². The SMILES string of the molecule is C=CCN1C(=O)/C(=c2/sc3n(c2=O)[C@@H](c2ccc(OC)c(OC)c2)C(C(=O)OCC)=C(c2ccccc2)N=3)c2ccccc21. The monoisotopic (exact) mass is 607 g/mol. The standard InChI is InChI=1S/C34H29N3O6S/c1-5-18-36-23-15-11-10-14-22(23)26(31(36)38)30-32(39)37-29(21-16-17-24(41-3)25(19-21)42-4)27(33(40)43-6-2)28(35-34(37)44-30)20-12-8-7-9-13-20/h5,7-17,19,29H,1,6,18H2,2-4H3/b30-26+/t29-/m0/s1. The first-order valence-corrected chi connectivity index (χ1v) is 14.8. The maximum absolute atomic E-state index is 14.5. The summed E-state index contributed by atoms with van der Waals surface area (Å²) < 4.78 is 18.3. The second-order valence-electron chi connectivity index (χ2n) is 9.96. The van der Waals surface area contributed by atoms with Crippen molar-refractivity contribution in [2.75, 3.05) is 32.3 Å². The Balaban J connectivity index is 1.72. The fourth-order valence-corrected chi connectivity index (χ4v) is 6.73. The molecule has 0 radical (unpaired) electrons. The first kappa shape index (κ1) is 28.9. The van der Waals surface area contributed by atoms with Gasteiger partial charge < -0.3 is 19.1 Å². The first-order valence-electron chi connectivity index (χ1n) is 14.0. The number of anilines is 1. The van der Waals surface area contributed by atoms with E-state index in [-0.39, 0.29) is 29.2 Å². The fraction of sp³-hybridized carbons (Fsp3) is 0.176. The maximum Gasteiger partial charge on any atom is 0.338 e. The van der Waals surface area contributed by atoms with Crippen LogP contribution in [0.25, 0.3) is 11.3 Å². The normalized spacial score (nSPS) is 16.7. The average molecular weight is 608 g/mol. The van der Waals surface area contributed by atoms with Gasteiger partial charge in [0.15, 0.2) is 16.3 Å². The average Bonchev–Trinajstić information content (AvgIpc) is 3.52. The van der Waals surface area contributed by atoms with Gasteiger partial charge in [0, 0.05) is 17.7 Å². The Hall–Kier alpha value is -5.22. The highest BCUT2D eigenvalue weighted by atomic mass is 32.1. The van der Waals surface area contributed by atoms with E-state index in [1.165, 1.54) is 18.8 Å². The molecular weight excluding hydrogens is 578 g/mol. The summed E-state index contributed by atoms with van der Waals surface area (Å²) in [6, 6.07) is 20.9. The van der Waals surface area contributed by atoms with Gasteiger partial charge in [0.05, 0.1) is 49.4 Å². The number of fused-ring (bicyclic) bond motifs is 2. The molecule has 222 valence electrons. The number of aromatic nitrogens is 1. The molecule has 0 unspecified atom stereocenters. The van der Waals surface area contributed by atoms with Gasteiger partial charge in [0.25, 0.3) is 11.5 Å². The Morgan fingerprint density at radius 2 is 1.73 bits per heavy atom. The van der Waals surface area contributed by atoms with Crippen molar-refractivity contribution in [2.45, 2.75) is 13.0 Å². The lowest BCUT2D eigenvalue weighted by Gasteiger charge is -2.26. The van der Waals surface area contributed by atoms with Crippen LogP contribution in [0.4, 0.5) is 5.69 Å². The number of ether oxygens (including phenoxy) is 3. The zero-order chi connectivity index (χ0) is 31.0. The molecule has 44 heavy (non-hydrogen) atoms. The van der Waals surface area contributed by atoms with Crippen LogP contribution >= 0.6 is 11.3 Å². The Labute approximate surface area is 257 Å². The molecule has 1 atom stereocenters. The minimum Gasteiger partial charge on any atom is -0.493 e. The molecule has 2 aliphatic rings. The number of hydrogen-bond acceptors (Lipinski definition) is 8. The van der Waals surface area contributed by atoms with E-state index in [0.717, 1.165) is 11.3 Å². The number of para-hydroxylation sites is 1. The van der Waals surface area contributed by atoms with Crippen molar-refractivity contribution >= 4 is 40.2 Å². The number of thiazole rings is 1. The molecule has 0 N–H and O–H groups in total. The Morgan fingerprint density at radius 3 is 2.43 bits per heavy atom. The van der Waals surface area contributed by atoms with E-state index in [0.29, 0.717) is 49.9 Å². The molecule has 3 aromatic carbocycles. The third kappa shape index (κ3) is 4.64. The minimum absolute atomic E-state index is 0.127. The predicted octanol–water partition coefficient (Wildman–Crippen LogP) is 3.86. The summed E-state index contributed by atoms with van der Waals surface area (Å²) in [5, 5.41) is 0. The lowest BCUT2D eigenvalue weighted by Crippen LogP contribution is -2.41. The number of nitrogens with zero attached hydrogens (tertiary/aromatic N) is 3. The molecular formula is C34H29N3O6S. The molecule has 4 aromatic rings. The smallest absolute Gasteiger partial charge is 0.338 e.